The van der Waals surface area contributed by atoms with Crippen LogP contribution in [-0.4, -0.2) is 15.0 Å². The van der Waals surface area contributed by atoms with E-state index in [9.17, 15) is 0 Å². The Morgan fingerprint density at radius 1 is 0.853 bits per heavy atom. The van der Waals surface area contributed by atoms with Crippen molar-refractivity contribution < 1.29 is 4.42 Å². The Morgan fingerprint density at radius 2 is 1.65 bits per heavy atom. The zero-order valence-electron chi connectivity index (χ0n) is 19.0. The predicted molar refractivity (Wildman–Crippen MR) is 136 cm³/mol. The van der Waals surface area contributed by atoms with E-state index in [-0.39, 0.29) is 0 Å². The summed E-state index contributed by atoms with van der Waals surface area (Å²) in [4.78, 5) is 13.3. The molecule has 6 heteroatoms. The number of oxazole rings is 1. The molecule has 0 radical (unpaired) electrons. The van der Waals surface area contributed by atoms with Gasteiger partial charge in [0, 0.05) is 58.7 Å². The lowest BCUT2D eigenvalue weighted by Gasteiger charge is -2.23. The third-order valence-electron chi connectivity index (χ3n) is 6.34. The normalized spacial score (nSPS) is 15.1. The maximum absolute atomic E-state index is 6.08. The molecule has 3 heterocycles. The van der Waals surface area contributed by atoms with Gasteiger partial charge in [-0.25, -0.2) is 4.98 Å². The van der Waals surface area contributed by atoms with Crippen molar-refractivity contribution in [3.63, 3.8) is 0 Å². The van der Waals surface area contributed by atoms with E-state index in [0.717, 1.165) is 52.3 Å². The van der Waals surface area contributed by atoms with Gasteiger partial charge in [0.2, 0.25) is 5.89 Å². The highest BCUT2D eigenvalue weighted by molar-refractivity contribution is 5.81. The van der Waals surface area contributed by atoms with Crippen LogP contribution in [0.1, 0.15) is 24.6 Å². The highest BCUT2D eigenvalue weighted by atomic mass is 16.3. The second-order valence-electron chi connectivity index (χ2n) is 8.90. The molecule has 0 fully saturated rings. The zero-order chi connectivity index (χ0) is 22.9. The molecule has 168 valence electrons. The van der Waals surface area contributed by atoms with Gasteiger partial charge in [0.15, 0.2) is 5.58 Å². The first kappa shape index (κ1) is 20.4. The van der Waals surface area contributed by atoms with Crippen LogP contribution in [0.2, 0.25) is 0 Å². The average Bonchev–Trinajstić information content (AvgIpc) is 3.29. The van der Waals surface area contributed by atoms with Gasteiger partial charge in [0.25, 0.3) is 0 Å². The van der Waals surface area contributed by atoms with Crippen molar-refractivity contribution in [1.82, 2.24) is 15.0 Å². The predicted octanol–water partition coefficient (Wildman–Crippen LogP) is 6.90. The van der Waals surface area contributed by atoms with Gasteiger partial charge >= 0.3 is 0 Å². The molecule has 1 atom stereocenters. The number of benzene rings is 2. The average molecular weight is 448 g/mol. The van der Waals surface area contributed by atoms with Crippen molar-refractivity contribution in [2.75, 3.05) is 10.6 Å². The Bertz CT molecular complexity index is 1440. The minimum atomic E-state index is 0.609. The molecular weight excluding hydrogens is 422 g/mol. The van der Waals surface area contributed by atoms with Crippen LogP contribution in [0.25, 0.3) is 22.6 Å². The molecule has 1 aliphatic rings. The summed E-state index contributed by atoms with van der Waals surface area (Å²) in [5, 5.41) is 6.94. The molecule has 6 rings (SSSR count). The molecule has 34 heavy (non-hydrogen) atoms. The fraction of sp³-hybridized carbons (Fsp3) is 0.179. The molecule has 2 aromatic carbocycles. The lowest BCUT2D eigenvalue weighted by atomic mass is 9.87. The Balaban J connectivity index is 1.22. The number of hydrogen-bond acceptors (Lipinski definition) is 6. The number of fused-ring (bicyclic) bond motifs is 2. The quantitative estimate of drug-likeness (QED) is 0.305. The van der Waals surface area contributed by atoms with E-state index in [1.165, 1.54) is 17.7 Å². The van der Waals surface area contributed by atoms with Crippen LogP contribution in [-0.2, 0) is 12.8 Å². The standard InChI is InChI=1S/C28H25N5O/c1-18-2-8-24-23(16-18)25(12-15-30-24)32-20-5-3-19(4-6-20)28-33-26-9-7-22(17-27(26)34-28)31-21-10-13-29-14-11-21/h3-7,9-15,17-18H,2,8,16H2,1H3,(H,29,31)(H,30,32). The number of nitrogens with zero attached hydrogens (tertiary/aromatic N) is 3. The molecule has 0 aliphatic heterocycles. The molecule has 1 aliphatic carbocycles. The summed E-state index contributed by atoms with van der Waals surface area (Å²) in [6, 6.07) is 20.1. The van der Waals surface area contributed by atoms with Gasteiger partial charge in [-0.3, -0.25) is 9.97 Å². The van der Waals surface area contributed by atoms with E-state index in [1.807, 2.05) is 48.7 Å². The SMILES string of the molecule is CC1CCc2nccc(Nc3ccc(-c4nc5ccc(Nc6ccncc6)cc5o4)cc3)c2C1. The summed E-state index contributed by atoms with van der Waals surface area (Å²) in [5.41, 5.74) is 9.19. The minimum absolute atomic E-state index is 0.609. The molecule has 0 saturated carbocycles. The van der Waals surface area contributed by atoms with E-state index >= 15 is 0 Å². The van der Waals surface area contributed by atoms with E-state index in [1.54, 1.807) is 12.4 Å². The van der Waals surface area contributed by atoms with Crippen LogP contribution in [0.5, 0.6) is 0 Å². The lowest BCUT2D eigenvalue weighted by molar-refractivity contribution is 0.495. The van der Waals surface area contributed by atoms with Gasteiger partial charge in [-0.15, -0.1) is 0 Å². The number of anilines is 4. The molecule has 3 aromatic heterocycles. The van der Waals surface area contributed by atoms with Gasteiger partial charge in [-0.05, 0) is 85.3 Å². The summed E-state index contributed by atoms with van der Waals surface area (Å²) in [5.74, 6) is 1.30. The molecule has 0 spiro atoms. The lowest BCUT2D eigenvalue weighted by Crippen LogP contribution is -2.14. The molecule has 0 saturated heterocycles. The van der Waals surface area contributed by atoms with E-state index in [4.69, 9.17) is 4.42 Å². The fourth-order valence-electron chi connectivity index (χ4n) is 4.51. The van der Waals surface area contributed by atoms with Crippen molar-refractivity contribution in [2.24, 2.45) is 5.92 Å². The summed E-state index contributed by atoms with van der Waals surface area (Å²) >= 11 is 0. The Kier molecular flexibility index (Phi) is 5.18. The van der Waals surface area contributed by atoms with Crippen LogP contribution in [0.15, 0.2) is 83.7 Å². The molecule has 1 unspecified atom stereocenters. The van der Waals surface area contributed by atoms with Crippen LogP contribution in [0, 0.1) is 5.92 Å². The van der Waals surface area contributed by atoms with Crippen LogP contribution in [0.4, 0.5) is 22.7 Å². The number of aromatic nitrogens is 3. The first-order chi connectivity index (χ1) is 16.7. The molecule has 0 bridgehead atoms. The third kappa shape index (κ3) is 4.10. The Morgan fingerprint density at radius 3 is 2.50 bits per heavy atom. The fourth-order valence-corrected chi connectivity index (χ4v) is 4.51. The smallest absolute Gasteiger partial charge is 0.227 e. The highest BCUT2D eigenvalue weighted by Crippen LogP contribution is 2.32. The maximum atomic E-state index is 6.08. The topological polar surface area (TPSA) is 75.9 Å². The number of hydrogen-bond donors (Lipinski definition) is 2. The first-order valence-corrected chi connectivity index (χ1v) is 11.6. The molecule has 6 nitrogen and oxygen atoms in total. The molecule has 5 aromatic rings. The molecule has 2 N–H and O–H groups in total. The highest BCUT2D eigenvalue weighted by Gasteiger charge is 2.19. The third-order valence-corrected chi connectivity index (χ3v) is 6.34. The monoisotopic (exact) mass is 447 g/mol. The largest absolute Gasteiger partial charge is 0.436 e. The van der Waals surface area contributed by atoms with Crippen molar-refractivity contribution in [2.45, 2.75) is 26.2 Å². The number of rotatable bonds is 5. The molecule has 0 amide bonds. The Labute approximate surface area is 198 Å². The van der Waals surface area contributed by atoms with Crippen molar-refractivity contribution in [3.05, 3.63) is 90.5 Å². The van der Waals surface area contributed by atoms with E-state index < -0.39 is 0 Å². The van der Waals surface area contributed by atoms with Gasteiger partial charge in [-0.2, -0.15) is 0 Å². The minimum Gasteiger partial charge on any atom is -0.436 e. The van der Waals surface area contributed by atoms with Crippen molar-refractivity contribution in [1.29, 1.82) is 0 Å². The van der Waals surface area contributed by atoms with Crippen LogP contribution in [0.3, 0.4) is 0 Å². The second-order valence-corrected chi connectivity index (χ2v) is 8.90. The van der Waals surface area contributed by atoms with Gasteiger partial charge in [0.1, 0.15) is 5.52 Å². The van der Waals surface area contributed by atoms with Gasteiger partial charge in [-0.1, -0.05) is 6.92 Å². The van der Waals surface area contributed by atoms with Crippen molar-refractivity contribution >= 4 is 33.8 Å². The zero-order valence-corrected chi connectivity index (χ0v) is 19.0. The van der Waals surface area contributed by atoms with Crippen LogP contribution >= 0.6 is 0 Å². The number of nitrogens with one attached hydrogen (secondary N) is 2. The summed E-state index contributed by atoms with van der Waals surface area (Å²) < 4.78 is 6.08. The van der Waals surface area contributed by atoms with Gasteiger partial charge < -0.3 is 15.1 Å². The molecular formula is C28H25N5O. The summed E-state index contributed by atoms with van der Waals surface area (Å²) in [6.45, 7) is 2.31. The van der Waals surface area contributed by atoms with E-state index in [2.05, 4.69) is 50.7 Å². The summed E-state index contributed by atoms with van der Waals surface area (Å²) in [6.07, 6.45) is 8.77. The van der Waals surface area contributed by atoms with Crippen molar-refractivity contribution in [3.8, 4) is 11.5 Å². The maximum Gasteiger partial charge on any atom is 0.227 e. The van der Waals surface area contributed by atoms with Crippen LogP contribution < -0.4 is 10.6 Å². The van der Waals surface area contributed by atoms with E-state index in [0.29, 0.717) is 11.8 Å². The number of aryl methyl sites for hydroxylation is 1. The van der Waals surface area contributed by atoms with Gasteiger partial charge in [0.05, 0.1) is 0 Å². The number of pyridine rings is 2. The Hall–Kier alpha value is -4.19. The second kappa shape index (κ2) is 8.63. The summed E-state index contributed by atoms with van der Waals surface area (Å²) in [7, 11) is 0. The first-order valence-electron chi connectivity index (χ1n) is 11.6.